The van der Waals surface area contributed by atoms with Crippen molar-refractivity contribution in [1.82, 2.24) is 0 Å². The fourth-order valence-corrected chi connectivity index (χ4v) is 2.61. The van der Waals surface area contributed by atoms with Crippen LogP contribution in [0.25, 0.3) is 21.9 Å². The lowest BCUT2D eigenvalue weighted by Crippen LogP contribution is -1.92. The van der Waals surface area contributed by atoms with Crippen molar-refractivity contribution >= 4 is 32.4 Å². The molecule has 0 atom stereocenters. The fraction of sp³-hybridized carbons (Fsp3) is 0. The highest BCUT2D eigenvalue weighted by atomic mass is 79.9. The Morgan fingerprint density at radius 3 is 2.40 bits per heavy atom. The minimum absolute atomic E-state index is 0.106. The third-order valence-corrected chi connectivity index (χ3v) is 3.71. The van der Waals surface area contributed by atoms with E-state index in [4.69, 9.17) is 0 Å². The van der Waals surface area contributed by atoms with Gasteiger partial charge >= 0.3 is 0 Å². The van der Waals surface area contributed by atoms with Gasteiger partial charge in [0.2, 0.25) is 0 Å². The Kier molecular flexibility index (Phi) is 3.24. The van der Waals surface area contributed by atoms with E-state index in [1.807, 2.05) is 48.5 Å². The van der Waals surface area contributed by atoms with Crippen LogP contribution in [0, 0.1) is 10.1 Å². The van der Waals surface area contributed by atoms with E-state index in [2.05, 4.69) is 15.9 Å². The summed E-state index contributed by atoms with van der Waals surface area (Å²) in [6.07, 6.45) is 0. The Balaban J connectivity index is 2.22. The van der Waals surface area contributed by atoms with Crippen LogP contribution >= 0.6 is 15.9 Å². The van der Waals surface area contributed by atoms with Gasteiger partial charge in [-0.1, -0.05) is 52.3 Å². The highest BCUT2D eigenvalue weighted by Crippen LogP contribution is 2.33. The number of benzene rings is 3. The lowest BCUT2D eigenvalue weighted by molar-refractivity contribution is -0.384. The number of rotatable bonds is 2. The van der Waals surface area contributed by atoms with Gasteiger partial charge in [0.25, 0.3) is 5.69 Å². The second-order valence-electron chi connectivity index (χ2n) is 4.48. The van der Waals surface area contributed by atoms with E-state index in [1.54, 1.807) is 6.07 Å². The number of hydrogen-bond donors (Lipinski definition) is 0. The maximum Gasteiger partial charge on any atom is 0.278 e. The Bertz CT molecular complexity index is 814. The second kappa shape index (κ2) is 5.06. The molecule has 0 aromatic heterocycles. The average Bonchev–Trinajstić information content (AvgIpc) is 2.46. The van der Waals surface area contributed by atoms with Crippen LogP contribution in [0.1, 0.15) is 0 Å². The van der Waals surface area contributed by atoms with Gasteiger partial charge < -0.3 is 0 Å². The van der Waals surface area contributed by atoms with Crippen molar-refractivity contribution in [1.29, 1.82) is 0 Å². The average molecular weight is 328 g/mol. The molecular formula is C16H10BrNO2. The fourth-order valence-electron chi connectivity index (χ4n) is 2.26. The monoisotopic (exact) mass is 327 g/mol. The molecule has 4 heteroatoms. The summed E-state index contributed by atoms with van der Waals surface area (Å²) in [7, 11) is 0. The minimum Gasteiger partial charge on any atom is -0.258 e. The highest BCUT2D eigenvalue weighted by molar-refractivity contribution is 9.10. The van der Waals surface area contributed by atoms with E-state index in [9.17, 15) is 10.1 Å². The molecule has 3 aromatic rings. The van der Waals surface area contributed by atoms with Gasteiger partial charge in [-0.15, -0.1) is 0 Å². The topological polar surface area (TPSA) is 43.1 Å². The molecule has 0 radical (unpaired) electrons. The molecule has 0 aliphatic heterocycles. The van der Waals surface area contributed by atoms with Gasteiger partial charge in [-0.3, -0.25) is 10.1 Å². The molecule has 0 aliphatic rings. The van der Waals surface area contributed by atoms with E-state index in [-0.39, 0.29) is 10.6 Å². The van der Waals surface area contributed by atoms with Gasteiger partial charge in [0.05, 0.1) is 10.5 Å². The zero-order valence-corrected chi connectivity index (χ0v) is 12.0. The molecule has 0 amide bonds. The van der Waals surface area contributed by atoms with Crippen molar-refractivity contribution < 1.29 is 4.92 Å². The molecule has 0 saturated heterocycles. The smallest absolute Gasteiger partial charge is 0.258 e. The van der Waals surface area contributed by atoms with Gasteiger partial charge in [0.1, 0.15) is 0 Å². The molecule has 0 N–H and O–H groups in total. The maximum atomic E-state index is 11.2. The van der Waals surface area contributed by atoms with Crippen molar-refractivity contribution in [2.45, 2.75) is 0 Å². The van der Waals surface area contributed by atoms with Gasteiger partial charge in [-0.05, 0) is 34.5 Å². The van der Waals surface area contributed by atoms with Crippen molar-refractivity contribution in [3.05, 3.63) is 75.3 Å². The number of nitro benzene ring substituents is 1. The number of hydrogen-bond acceptors (Lipinski definition) is 2. The molecule has 0 heterocycles. The highest BCUT2D eigenvalue weighted by Gasteiger charge is 2.15. The molecule has 0 aliphatic carbocycles. The van der Waals surface area contributed by atoms with Gasteiger partial charge in [-0.2, -0.15) is 0 Å². The molecule has 3 aromatic carbocycles. The largest absolute Gasteiger partial charge is 0.278 e. The van der Waals surface area contributed by atoms with Crippen LogP contribution in [0.4, 0.5) is 5.69 Å². The predicted octanol–water partition coefficient (Wildman–Crippen LogP) is 5.18. The molecule has 0 spiro atoms. The van der Waals surface area contributed by atoms with Gasteiger partial charge in [0.15, 0.2) is 0 Å². The minimum atomic E-state index is -0.352. The summed E-state index contributed by atoms with van der Waals surface area (Å²) >= 11 is 3.27. The number of fused-ring (bicyclic) bond motifs is 1. The molecule has 3 rings (SSSR count). The summed E-state index contributed by atoms with van der Waals surface area (Å²) in [5.74, 6) is 0. The van der Waals surface area contributed by atoms with Crippen molar-refractivity contribution in [2.24, 2.45) is 0 Å². The van der Waals surface area contributed by atoms with Crippen molar-refractivity contribution in [3.8, 4) is 11.1 Å². The van der Waals surface area contributed by atoms with Crippen LogP contribution < -0.4 is 0 Å². The molecular weight excluding hydrogens is 318 g/mol. The summed E-state index contributed by atoms with van der Waals surface area (Å²) < 4.78 is 0.703. The van der Waals surface area contributed by atoms with Gasteiger partial charge in [0, 0.05) is 10.5 Å². The van der Waals surface area contributed by atoms with Crippen LogP contribution in [0.15, 0.2) is 65.1 Å². The summed E-state index contributed by atoms with van der Waals surface area (Å²) in [6.45, 7) is 0. The summed E-state index contributed by atoms with van der Waals surface area (Å²) in [5, 5.41) is 13.4. The van der Waals surface area contributed by atoms with Crippen LogP contribution in [-0.4, -0.2) is 4.92 Å². The summed E-state index contributed by atoms with van der Waals surface area (Å²) in [5.41, 5.74) is 1.58. The Morgan fingerprint density at radius 1 is 0.900 bits per heavy atom. The normalized spacial score (nSPS) is 10.7. The Hall–Kier alpha value is -2.20. The Morgan fingerprint density at radius 2 is 1.65 bits per heavy atom. The van der Waals surface area contributed by atoms with E-state index in [0.29, 0.717) is 10.0 Å². The predicted molar refractivity (Wildman–Crippen MR) is 83.7 cm³/mol. The number of halogens is 1. The lowest BCUT2D eigenvalue weighted by Gasteiger charge is -2.05. The third kappa shape index (κ3) is 2.30. The lowest BCUT2D eigenvalue weighted by atomic mass is 10.00. The number of nitrogens with zero attached hydrogens (tertiary/aromatic N) is 1. The molecule has 0 bridgehead atoms. The Labute approximate surface area is 124 Å². The number of nitro groups is 1. The first-order chi connectivity index (χ1) is 9.65. The molecule has 20 heavy (non-hydrogen) atoms. The van der Waals surface area contributed by atoms with Crippen molar-refractivity contribution in [3.63, 3.8) is 0 Å². The van der Waals surface area contributed by atoms with Crippen LogP contribution in [0.3, 0.4) is 0 Å². The van der Waals surface area contributed by atoms with Crippen LogP contribution in [0.2, 0.25) is 0 Å². The molecule has 3 nitrogen and oxygen atoms in total. The standard InChI is InChI=1S/C16H10BrNO2/c17-14-7-8-15(16(10-14)18(19)20)13-6-5-11-3-1-2-4-12(11)9-13/h1-10H. The first kappa shape index (κ1) is 12.8. The SMILES string of the molecule is O=[N+]([O-])c1cc(Br)ccc1-c1ccc2ccccc2c1. The van der Waals surface area contributed by atoms with E-state index < -0.39 is 0 Å². The first-order valence-corrected chi connectivity index (χ1v) is 6.87. The summed E-state index contributed by atoms with van der Waals surface area (Å²) in [4.78, 5) is 10.8. The third-order valence-electron chi connectivity index (χ3n) is 3.22. The zero-order chi connectivity index (χ0) is 14.1. The van der Waals surface area contributed by atoms with Crippen LogP contribution in [0.5, 0.6) is 0 Å². The molecule has 0 saturated carbocycles. The maximum absolute atomic E-state index is 11.2. The molecule has 98 valence electrons. The molecule has 0 unspecified atom stereocenters. The second-order valence-corrected chi connectivity index (χ2v) is 5.40. The van der Waals surface area contributed by atoms with Crippen molar-refractivity contribution in [2.75, 3.05) is 0 Å². The summed E-state index contributed by atoms with van der Waals surface area (Å²) in [6, 6.07) is 19.0. The van der Waals surface area contributed by atoms with Crippen LogP contribution in [-0.2, 0) is 0 Å². The molecule has 0 fully saturated rings. The van der Waals surface area contributed by atoms with E-state index in [0.717, 1.165) is 16.3 Å². The zero-order valence-electron chi connectivity index (χ0n) is 10.4. The first-order valence-electron chi connectivity index (χ1n) is 6.08. The van der Waals surface area contributed by atoms with Gasteiger partial charge in [-0.25, -0.2) is 0 Å². The van der Waals surface area contributed by atoms with E-state index in [1.165, 1.54) is 6.07 Å². The van der Waals surface area contributed by atoms with E-state index >= 15 is 0 Å². The quantitative estimate of drug-likeness (QED) is 0.481.